The Morgan fingerprint density at radius 3 is 2.77 bits per heavy atom. The van der Waals surface area contributed by atoms with E-state index < -0.39 is 0 Å². The Kier molecular flexibility index (Phi) is 4.22. The van der Waals surface area contributed by atoms with Crippen LogP contribution in [0.4, 0.5) is 5.69 Å². The summed E-state index contributed by atoms with van der Waals surface area (Å²) in [6, 6.07) is 16.0. The summed E-state index contributed by atoms with van der Waals surface area (Å²) in [7, 11) is 1.61. The summed E-state index contributed by atoms with van der Waals surface area (Å²) >= 11 is 3.17. The standard InChI is InChI=1S/C19H13BrN2O4/c1-24-13-4-2-3-11(9-13)19-22-14-6-5-12(10-16(14)26-19)21-18(23)15-7-8-17(20)25-15/h2-10H,1H3,(H,21,23). The largest absolute Gasteiger partial charge is 0.497 e. The van der Waals surface area contributed by atoms with Crippen LogP contribution in [0, 0.1) is 0 Å². The number of methoxy groups -OCH3 is 1. The van der Waals surface area contributed by atoms with Crippen LogP contribution in [0.15, 0.2) is 68.1 Å². The van der Waals surface area contributed by atoms with Gasteiger partial charge in [0, 0.05) is 17.3 Å². The molecule has 0 aliphatic rings. The third-order valence-corrected chi connectivity index (χ3v) is 4.19. The minimum absolute atomic E-state index is 0.214. The molecular weight excluding hydrogens is 400 g/mol. The Labute approximate surface area is 156 Å². The van der Waals surface area contributed by atoms with Gasteiger partial charge < -0.3 is 18.9 Å². The van der Waals surface area contributed by atoms with Gasteiger partial charge in [-0.3, -0.25) is 4.79 Å². The number of rotatable bonds is 4. The highest BCUT2D eigenvalue weighted by Gasteiger charge is 2.13. The lowest BCUT2D eigenvalue weighted by molar-refractivity contribution is 0.0995. The van der Waals surface area contributed by atoms with E-state index >= 15 is 0 Å². The molecule has 0 radical (unpaired) electrons. The van der Waals surface area contributed by atoms with Gasteiger partial charge in [-0.05, 0) is 58.4 Å². The minimum Gasteiger partial charge on any atom is -0.497 e. The number of fused-ring (bicyclic) bond motifs is 1. The normalized spacial score (nSPS) is 10.8. The summed E-state index contributed by atoms with van der Waals surface area (Å²) in [5.74, 6) is 1.08. The number of hydrogen-bond donors (Lipinski definition) is 1. The summed E-state index contributed by atoms with van der Waals surface area (Å²) in [4.78, 5) is 16.7. The molecule has 0 aliphatic heterocycles. The van der Waals surface area contributed by atoms with Crippen LogP contribution in [-0.2, 0) is 0 Å². The van der Waals surface area contributed by atoms with Crippen molar-refractivity contribution in [2.45, 2.75) is 0 Å². The molecule has 130 valence electrons. The number of amides is 1. The Morgan fingerprint density at radius 2 is 2.00 bits per heavy atom. The molecule has 2 aromatic heterocycles. The number of nitrogens with one attached hydrogen (secondary N) is 1. The van der Waals surface area contributed by atoms with Crippen LogP contribution >= 0.6 is 15.9 Å². The molecule has 26 heavy (non-hydrogen) atoms. The fourth-order valence-corrected chi connectivity index (χ4v) is 2.82. The SMILES string of the molecule is COc1cccc(-c2nc3ccc(NC(=O)c4ccc(Br)o4)cc3o2)c1. The van der Waals surface area contributed by atoms with E-state index in [9.17, 15) is 4.79 Å². The number of aromatic nitrogens is 1. The molecule has 0 aliphatic carbocycles. The van der Waals surface area contributed by atoms with Crippen LogP contribution in [0.5, 0.6) is 5.75 Å². The molecule has 0 atom stereocenters. The van der Waals surface area contributed by atoms with E-state index in [0.717, 1.165) is 11.3 Å². The molecule has 2 heterocycles. The lowest BCUT2D eigenvalue weighted by Crippen LogP contribution is -2.10. The summed E-state index contributed by atoms with van der Waals surface area (Å²) in [6.45, 7) is 0. The maximum absolute atomic E-state index is 12.2. The number of hydrogen-bond acceptors (Lipinski definition) is 5. The summed E-state index contributed by atoms with van der Waals surface area (Å²) in [6.07, 6.45) is 0. The van der Waals surface area contributed by atoms with Gasteiger partial charge in [0.2, 0.25) is 5.89 Å². The lowest BCUT2D eigenvalue weighted by Gasteiger charge is -2.02. The number of benzene rings is 2. The predicted octanol–water partition coefficient (Wildman–Crippen LogP) is 5.11. The van der Waals surface area contributed by atoms with Gasteiger partial charge in [-0.2, -0.15) is 0 Å². The van der Waals surface area contributed by atoms with E-state index in [0.29, 0.717) is 27.3 Å². The van der Waals surface area contributed by atoms with Gasteiger partial charge in [0.1, 0.15) is 11.3 Å². The van der Waals surface area contributed by atoms with Gasteiger partial charge in [-0.1, -0.05) is 6.07 Å². The fourth-order valence-electron chi connectivity index (χ4n) is 2.51. The number of nitrogens with zero attached hydrogens (tertiary/aromatic N) is 1. The van der Waals surface area contributed by atoms with Crippen molar-refractivity contribution < 1.29 is 18.4 Å². The second-order valence-electron chi connectivity index (χ2n) is 5.49. The van der Waals surface area contributed by atoms with E-state index in [1.54, 1.807) is 37.4 Å². The molecule has 0 spiro atoms. The summed E-state index contributed by atoms with van der Waals surface area (Å²) in [5.41, 5.74) is 2.66. The number of anilines is 1. The average Bonchev–Trinajstić information content (AvgIpc) is 3.27. The van der Waals surface area contributed by atoms with Crippen molar-refractivity contribution in [3.8, 4) is 17.2 Å². The molecular formula is C19H13BrN2O4. The molecule has 0 saturated heterocycles. The third kappa shape index (κ3) is 3.21. The molecule has 6 nitrogen and oxygen atoms in total. The summed E-state index contributed by atoms with van der Waals surface area (Å²) in [5, 5.41) is 2.77. The molecule has 7 heteroatoms. The first-order chi connectivity index (χ1) is 12.6. The molecule has 4 rings (SSSR count). The van der Waals surface area contributed by atoms with E-state index in [1.807, 2.05) is 24.3 Å². The highest BCUT2D eigenvalue weighted by Crippen LogP contribution is 2.28. The highest BCUT2D eigenvalue weighted by atomic mass is 79.9. The number of carbonyl (C=O) groups is 1. The van der Waals surface area contributed by atoms with Crippen LogP contribution < -0.4 is 10.1 Å². The predicted molar refractivity (Wildman–Crippen MR) is 100 cm³/mol. The molecule has 1 amide bonds. The Hall–Kier alpha value is -3.06. The van der Waals surface area contributed by atoms with Crippen molar-refractivity contribution in [1.82, 2.24) is 4.98 Å². The molecule has 0 saturated carbocycles. The molecule has 0 unspecified atom stereocenters. The zero-order valence-corrected chi connectivity index (χ0v) is 15.2. The fraction of sp³-hybridized carbons (Fsp3) is 0.0526. The van der Waals surface area contributed by atoms with Crippen molar-refractivity contribution in [1.29, 1.82) is 0 Å². The Balaban J connectivity index is 1.62. The third-order valence-electron chi connectivity index (χ3n) is 3.76. The highest BCUT2D eigenvalue weighted by molar-refractivity contribution is 9.10. The minimum atomic E-state index is -0.345. The maximum atomic E-state index is 12.2. The number of ether oxygens (including phenoxy) is 1. The second-order valence-corrected chi connectivity index (χ2v) is 6.27. The van der Waals surface area contributed by atoms with Crippen molar-refractivity contribution in [3.05, 3.63) is 65.0 Å². The van der Waals surface area contributed by atoms with Crippen LogP contribution in [0.3, 0.4) is 0 Å². The van der Waals surface area contributed by atoms with Crippen molar-refractivity contribution in [3.63, 3.8) is 0 Å². The topological polar surface area (TPSA) is 77.5 Å². The first kappa shape index (κ1) is 16.4. The molecule has 0 fully saturated rings. The van der Waals surface area contributed by atoms with E-state index in [4.69, 9.17) is 13.6 Å². The monoisotopic (exact) mass is 412 g/mol. The van der Waals surface area contributed by atoms with Gasteiger partial charge in [0.15, 0.2) is 16.0 Å². The number of halogens is 1. The van der Waals surface area contributed by atoms with Crippen molar-refractivity contribution in [2.24, 2.45) is 0 Å². The average molecular weight is 413 g/mol. The number of carbonyl (C=O) groups excluding carboxylic acids is 1. The van der Waals surface area contributed by atoms with Gasteiger partial charge in [-0.25, -0.2) is 4.98 Å². The van der Waals surface area contributed by atoms with E-state index in [2.05, 4.69) is 26.2 Å². The van der Waals surface area contributed by atoms with E-state index in [-0.39, 0.29) is 11.7 Å². The van der Waals surface area contributed by atoms with Gasteiger partial charge >= 0.3 is 0 Å². The van der Waals surface area contributed by atoms with Crippen LogP contribution in [-0.4, -0.2) is 18.0 Å². The first-order valence-electron chi connectivity index (χ1n) is 7.74. The van der Waals surface area contributed by atoms with Crippen molar-refractivity contribution in [2.75, 3.05) is 12.4 Å². The number of furan rings is 1. The van der Waals surface area contributed by atoms with Crippen molar-refractivity contribution >= 4 is 38.6 Å². The maximum Gasteiger partial charge on any atom is 0.291 e. The van der Waals surface area contributed by atoms with Gasteiger partial charge in [0.25, 0.3) is 5.91 Å². The second kappa shape index (κ2) is 6.68. The Bertz CT molecular complexity index is 1100. The van der Waals surface area contributed by atoms with Crippen LogP contribution in [0.25, 0.3) is 22.6 Å². The van der Waals surface area contributed by atoms with Gasteiger partial charge in [-0.15, -0.1) is 0 Å². The molecule has 0 bridgehead atoms. The quantitative estimate of drug-likeness (QED) is 0.503. The lowest BCUT2D eigenvalue weighted by atomic mass is 10.2. The van der Waals surface area contributed by atoms with Gasteiger partial charge in [0.05, 0.1) is 7.11 Å². The Morgan fingerprint density at radius 1 is 1.12 bits per heavy atom. The molecule has 2 aromatic carbocycles. The zero-order valence-electron chi connectivity index (χ0n) is 13.7. The smallest absolute Gasteiger partial charge is 0.291 e. The van der Waals surface area contributed by atoms with E-state index in [1.165, 1.54) is 0 Å². The zero-order chi connectivity index (χ0) is 18.1. The first-order valence-corrected chi connectivity index (χ1v) is 8.53. The molecule has 4 aromatic rings. The van der Waals surface area contributed by atoms with Crippen LogP contribution in [0.1, 0.15) is 10.6 Å². The summed E-state index contributed by atoms with van der Waals surface area (Å²) < 4.78 is 16.8. The number of oxazole rings is 1. The molecule has 1 N–H and O–H groups in total. The van der Waals surface area contributed by atoms with Crippen LogP contribution in [0.2, 0.25) is 0 Å².